The monoisotopic (exact) mass is 384 g/mol. The van der Waals surface area contributed by atoms with Crippen molar-refractivity contribution in [2.24, 2.45) is 0 Å². The fourth-order valence-electron chi connectivity index (χ4n) is 3.02. The van der Waals surface area contributed by atoms with Crippen molar-refractivity contribution < 1.29 is 19.0 Å². The van der Waals surface area contributed by atoms with Gasteiger partial charge in [0.05, 0.1) is 38.4 Å². The van der Waals surface area contributed by atoms with Crippen molar-refractivity contribution in [3.63, 3.8) is 0 Å². The first-order chi connectivity index (χ1) is 13.2. The third kappa shape index (κ3) is 3.68. The molecule has 4 rings (SSSR count). The number of nitrogens with zero attached hydrogens (tertiary/aromatic N) is 2. The molecule has 0 amide bonds. The second-order valence-corrected chi connectivity index (χ2v) is 7.35. The molecule has 140 valence electrons. The largest absolute Gasteiger partial charge is 0.497 e. The number of rotatable bonds is 6. The van der Waals surface area contributed by atoms with Crippen LogP contribution >= 0.6 is 11.3 Å². The molecule has 1 aromatic heterocycles. The van der Waals surface area contributed by atoms with E-state index in [1.807, 2.05) is 42.5 Å². The van der Waals surface area contributed by atoms with Crippen LogP contribution < -0.4 is 14.4 Å². The van der Waals surface area contributed by atoms with Gasteiger partial charge in [0.25, 0.3) is 0 Å². The summed E-state index contributed by atoms with van der Waals surface area (Å²) in [5, 5.41) is 0.928. The smallest absolute Gasteiger partial charge is 0.310 e. The van der Waals surface area contributed by atoms with E-state index in [0.29, 0.717) is 13.1 Å². The van der Waals surface area contributed by atoms with Crippen molar-refractivity contribution in [1.82, 2.24) is 4.98 Å². The topological polar surface area (TPSA) is 60.9 Å². The molecule has 6 nitrogen and oxygen atoms in total. The van der Waals surface area contributed by atoms with E-state index in [9.17, 15) is 4.79 Å². The highest BCUT2D eigenvalue weighted by Crippen LogP contribution is 2.35. The van der Waals surface area contributed by atoms with E-state index in [2.05, 4.69) is 9.88 Å². The molecule has 0 aliphatic carbocycles. The highest BCUT2D eigenvalue weighted by atomic mass is 32.1. The van der Waals surface area contributed by atoms with Crippen molar-refractivity contribution in [1.29, 1.82) is 0 Å². The molecular weight excluding hydrogens is 364 g/mol. The summed E-state index contributed by atoms with van der Waals surface area (Å²) in [6.07, 6.45) is 0.170. The van der Waals surface area contributed by atoms with E-state index in [-0.39, 0.29) is 18.5 Å². The SMILES string of the molecule is COc1ccc(CC(=O)OC2CN(c3nc4c(OC)cccc4s3)C2)cc1. The number of para-hydroxylation sites is 1. The molecule has 0 unspecified atom stereocenters. The summed E-state index contributed by atoms with van der Waals surface area (Å²) in [6, 6.07) is 13.3. The minimum Gasteiger partial charge on any atom is -0.497 e. The van der Waals surface area contributed by atoms with Crippen molar-refractivity contribution in [2.45, 2.75) is 12.5 Å². The molecule has 1 aliphatic heterocycles. The molecule has 27 heavy (non-hydrogen) atoms. The van der Waals surface area contributed by atoms with Crippen LogP contribution in [0.15, 0.2) is 42.5 Å². The maximum atomic E-state index is 12.1. The molecule has 3 aromatic rings. The number of aromatic nitrogens is 1. The quantitative estimate of drug-likeness (QED) is 0.608. The Hall–Kier alpha value is -2.80. The fraction of sp³-hybridized carbons (Fsp3) is 0.300. The average molecular weight is 384 g/mol. The van der Waals surface area contributed by atoms with Crippen molar-refractivity contribution in [3.05, 3.63) is 48.0 Å². The van der Waals surface area contributed by atoms with Gasteiger partial charge >= 0.3 is 5.97 Å². The number of ether oxygens (including phenoxy) is 3. The number of esters is 1. The van der Waals surface area contributed by atoms with Gasteiger partial charge in [-0.05, 0) is 29.8 Å². The van der Waals surface area contributed by atoms with Gasteiger partial charge in [-0.3, -0.25) is 4.79 Å². The Balaban J connectivity index is 1.32. The number of carbonyl (C=O) groups is 1. The second-order valence-electron chi connectivity index (χ2n) is 6.35. The first-order valence-electron chi connectivity index (χ1n) is 8.67. The summed E-state index contributed by atoms with van der Waals surface area (Å²) in [5.74, 6) is 1.34. The first-order valence-corrected chi connectivity index (χ1v) is 9.49. The van der Waals surface area contributed by atoms with Crippen LogP contribution in [-0.4, -0.2) is 44.4 Å². The van der Waals surface area contributed by atoms with Gasteiger partial charge in [0.15, 0.2) is 5.13 Å². The number of carbonyl (C=O) groups excluding carboxylic acids is 1. The Labute approximate surface area is 161 Å². The summed E-state index contributed by atoms with van der Waals surface area (Å²) in [4.78, 5) is 18.9. The molecule has 0 radical (unpaired) electrons. The second kappa shape index (κ2) is 7.44. The van der Waals surface area contributed by atoms with E-state index in [1.54, 1.807) is 25.6 Å². The summed E-state index contributed by atoms with van der Waals surface area (Å²) in [6.45, 7) is 1.33. The van der Waals surface area contributed by atoms with Gasteiger partial charge in [-0.25, -0.2) is 4.98 Å². The van der Waals surface area contributed by atoms with Crippen LogP contribution in [0.25, 0.3) is 10.2 Å². The molecular formula is C20H20N2O4S. The highest BCUT2D eigenvalue weighted by molar-refractivity contribution is 7.22. The van der Waals surface area contributed by atoms with Crippen LogP contribution in [0.3, 0.4) is 0 Å². The number of benzene rings is 2. The maximum absolute atomic E-state index is 12.1. The van der Waals surface area contributed by atoms with Crippen LogP contribution in [0, 0.1) is 0 Å². The Bertz CT molecular complexity index is 948. The molecule has 0 bridgehead atoms. The van der Waals surface area contributed by atoms with Gasteiger partial charge in [0.1, 0.15) is 23.1 Å². The molecule has 1 aliphatic rings. The Morgan fingerprint density at radius 2 is 1.93 bits per heavy atom. The lowest BCUT2D eigenvalue weighted by Crippen LogP contribution is -2.53. The first kappa shape index (κ1) is 17.6. The van der Waals surface area contributed by atoms with E-state index in [0.717, 1.165) is 32.4 Å². The lowest BCUT2D eigenvalue weighted by atomic mass is 10.1. The number of hydrogen-bond acceptors (Lipinski definition) is 7. The van der Waals surface area contributed by atoms with E-state index in [4.69, 9.17) is 14.2 Å². The van der Waals surface area contributed by atoms with Crippen molar-refractivity contribution >= 4 is 32.7 Å². The van der Waals surface area contributed by atoms with Crippen LogP contribution in [-0.2, 0) is 16.0 Å². The predicted octanol–water partition coefficient (Wildman–Crippen LogP) is 3.29. The van der Waals surface area contributed by atoms with Crippen LogP contribution in [0.4, 0.5) is 5.13 Å². The maximum Gasteiger partial charge on any atom is 0.310 e. The number of thiazole rings is 1. The lowest BCUT2D eigenvalue weighted by Gasteiger charge is -2.38. The zero-order chi connectivity index (χ0) is 18.8. The van der Waals surface area contributed by atoms with Crippen molar-refractivity contribution in [3.8, 4) is 11.5 Å². The minimum atomic E-state index is -0.212. The third-order valence-corrected chi connectivity index (χ3v) is 5.60. The Morgan fingerprint density at radius 3 is 2.63 bits per heavy atom. The number of anilines is 1. The van der Waals surface area contributed by atoms with Gasteiger partial charge in [0.2, 0.25) is 0 Å². The number of hydrogen-bond donors (Lipinski definition) is 0. The normalized spacial score (nSPS) is 14.1. The molecule has 2 heterocycles. The van der Waals surface area contributed by atoms with Gasteiger partial charge in [-0.15, -0.1) is 0 Å². The summed E-state index contributed by atoms with van der Waals surface area (Å²) in [7, 11) is 3.27. The van der Waals surface area contributed by atoms with Gasteiger partial charge in [-0.1, -0.05) is 29.5 Å². The predicted molar refractivity (Wildman–Crippen MR) is 105 cm³/mol. The Morgan fingerprint density at radius 1 is 1.15 bits per heavy atom. The van der Waals surface area contributed by atoms with Gasteiger partial charge in [0, 0.05) is 0 Å². The summed E-state index contributed by atoms with van der Waals surface area (Å²) < 4.78 is 17.1. The van der Waals surface area contributed by atoms with Gasteiger partial charge < -0.3 is 19.1 Å². The van der Waals surface area contributed by atoms with E-state index >= 15 is 0 Å². The van der Waals surface area contributed by atoms with Crippen LogP contribution in [0.1, 0.15) is 5.56 Å². The molecule has 1 saturated heterocycles. The number of methoxy groups -OCH3 is 2. The molecule has 0 N–H and O–H groups in total. The third-order valence-electron chi connectivity index (χ3n) is 4.51. The number of fused-ring (bicyclic) bond motifs is 1. The zero-order valence-electron chi connectivity index (χ0n) is 15.2. The molecule has 2 aromatic carbocycles. The summed E-state index contributed by atoms with van der Waals surface area (Å²) in [5.41, 5.74) is 1.79. The zero-order valence-corrected chi connectivity index (χ0v) is 16.0. The molecule has 1 fully saturated rings. The van der Waals surface area contributed by atoms with Gasteiger partial charge in [-0.2, -0.15) is 0 Å². The minimum absolute atomic E-state index is 0.0929. The molecule has 7 heteroatoms. The van der Waals surface area contributed by atoms with Crippen molar-refractivity contribution in [2.75, 3.05) is 32.2 Å². The lowest BCUT2D eigenvalue weighted by molar-refractivity contribution is -0.149. The molecule has 0 spiro atoms. The average Bonchev–Trinajstić information content (AvgIpc) is 3.08. The summed E-state index contributed by atoms with van der Waals surface area (Å²) >= 11 is 1.62. The molecule has 0 atom stereocenters. The fourth-order valence-corrected chi connectivity index (χ4v) is 4.02. The van der Waals surface area contributed by atoms with E-state index in [1.165, 1.54) is 0 Å². The van der Waals surface area contributed by atoms with Crippen LogP contribution in [0.2, 0.25) is 0 Å². The standard InChI is InChI=1S/C20H20N2O4S/c1-24-14-8-6-13(7-9-14)10-18(23)26-15-11-22(12-15)20-21-19-16(25-2)4-3-5-17(19)27-20/h3-9,15H,10-12H2,1-2H3. The Kier molecular flexibility index (Phi) is 4.85. The van der Waals surface area contributed by atoms with Crippen LogP contribution in [0.5, 0.6) is 11.5 Å². The highest BCUT2D eigenvalue weighted by Gasteiger charge is 2.32. The van der Waals surface area contributed by atoms with E-state index < -0.39 is 0 Å². The molecule has 0 saturated carbocycles.